The van der Waals surface area contributed by atoms with Crippen molar-refractivity contribution in [2.24, 2.45) is 0 Å². The first-order chi connectivity index (χ1) is 11.6. The van der Waals surface area contributed by atoms with Crippen LogP contribution in [0.25, 0.3) is 0 Å². The zero-order valence-electron chi connectivity index (χ0n) is 13.8. The number of benzene rings is 1. The van der Waals surface area contributed by atoms with Crippen LogP contribution in [0.1, 0.15) is 28.9 Å². The van der Waals surface area contributed by atoms with E-state index in [9.17, 15) is 9.18 Å². The molecule has 0 spiro atoms. The predicted molar refractivity (Wildman–Crippen MR) is 93.6 cm³/mol. The maximum atomic E-state index is 14.5. The van der Waals surface area contributed by atoms with Crippen LogP contribution < -0.4 is 0 Å². The summed E-state index contributed by atoms with van der Waals surface area (Å²) in [7, 11) is 0. The third-order valence-corrected chi connectivity index (χ3v) is 5.08. The van der Waals surface area contributed by atoms with Gasteiger partial charge in [0.05, 0.1) is 10.7 Å². The van der Waals surface area contributed by atoms with Crippen molar-refractivity contribution in [3.63, 3.8) is 0 Å². The lowest BCUT2D eigenvalue weighted by Gasteiger charge is -2.23. The quantitative estimate of drug-likeness (QED) is 0.852. The van der Waals surface area contributed by atoms with Gasteiger partial charge in [-0.3, -0.25) is 9.69 Å². The molecule has 4 nitrogen and oxygen atoms in total. The van der Waals surface area contributed by atoms with E-state index in [-0.39, 0.29) is 0 Å². The predicted octanol–water partition coefficient (Wildman–Crippen LogP) is 3.20. The second-order valence-corrected chi connectivity index (χ2v) is 7.15. The number of aromatic nitrogens is 1. The second kappa shape index (κ2) is 7.85. The molecular weight excluding hydrogens is 325 g/mol. The lowest BCUT2D eigenvalue weighted by molar-refractivity contribution is -0.136. The van der Waals surface area contributed by atoms with Gasteiger partial charge in [-0.05, 0) is 18.9 Å². The Labute approximate surface area is 145 Å². The number of halogens is 1. The molecule has 2 aromatic rings. The average molecular weight is 347 g/mol. The lowest BCUT2D eigenvalue weighted by Crippen LogP contribution is -2.37. The molecule has 1 aromatic carbocycles. The molecule has 1 fully saturated rings. The highest BCUT2D eigenvalue weighted by Crippen LogP contribution is 2.21. The molecule has 3 rings (SSSR count). The molecule has 0 saturated carbocycles. The average Bonchev–Trinajstić information content (AvgIpc) is 2.87. The van der Waals surface area contributed by atoms with Crippen molar-refractivity contribution in [2.75, 3.05) is 26.2 Å². The minimum Gasteiger partial charge on any atom is -0.339 e. The van der Waals surface area contributed by atoms with E-state index in [2.05, 4.69) is 15.3 Å². The monoisotopic (exact) mass is 347 g/mol. The van der Waals surface area contributed by atoms with Gasteiger partial charge in [-0.2, -0.15) is 0 Å². The largest absolute Gasteiger partial charge is 0.339 e. The molecule has 0 aliphatic carbocycles. The van der Waals surface area contributed by atoms with Crippen molar-refractivity contribution >= 4 is 17.2 Å². The smallest absolute Gasteiger partial charge is 0.261 e. The second-order valence-electron chi connectivity index (χ2n) is 6.09. The summed E-state index contributed by atoms with van der Waals surface area (Å²) in [6.45, 7) is 5.63. The highest BCUT2D eigenvalue weighted by Gasteiger charge is 2.27. The highest BCUT2D eigenvalue weighted by atomic mass is 32.1. The molecule has 1 amide bonds. The van der Waals surface area contributed by atoms with E-state index >= 15 is 0 Å². The van der Waals surface area contributed by atoms with Crippen molar-refractivity contribution in [3.8, 4) is 0 Å². The fraction of sp³-hybridized carbons (Fsp3) is 0.444. The molecule has 1 aromatic heterocycles. The molecule has 1 aliphatic rings. The molecule has 2 heterocycles. The number of alkyl halides is 1. The minimum atomic E-state index is -1.57. The Bertz CT molecular complexity index is 676. The number of carbonyl (C=O) groups is 1. The number of hydrogen-bond donors (Lipinski definition) is 0. The summed E-state index contributed by atoms with van der Waals surface area (Å²) in [5.41, 5.74) is 1.51. The van der Waals surface area contributed by atoms with Gasteiger partial charge in [0.25, 0.3) is 5.91 Å². The Morgan fingerprint density at radius 2 is 2.04 bits per heavy atom. The molecule has 24 heavy (non-hydrogen) atoms. The van der Waals surface area contributed by atoms with Gasteiger partial charge < -0.3 is 4.90 Å². The zero-order valence-corrected chi connectivity index (χ0v) is 14.6. The number of thiazole rings is 1. The molecule has 0 N–H and O–H groups in total. The summed E-state index contributed by atoms with van der Waals surface area (Å²) in [4.78, 5) is 20.9. The normalized spacial score (nSPS) is 17.5. The van der Waals surface area contributed by atoms with Gasteiger partial charge in [0.2, 0.25) is 6.17 Å². The molecule has 1 aliphatic heterocycles. The summed E-state index contributed by atoms with van der Waals surface area (Å²) in [6, 6.07) is 8.67. The fourth-order valence-electron chi connectivity index (χ4n) is 2.98. The maximum Gasteiger partial charge on any atom is 0.261 e. The van der Waals surface area contributed by atoms with Crippen molar-refractivity contribution in [1.29, 1.82) is 0 Å². The Balaban J connectivity index is 1.57. The van der Waals surface area contributed by atoms with Gasteiger partial charge in [0.1, 0.15) is 0 Å². The van der Waals surface area contributed by atoms with E-state index in [0.29, 0.717) is 18.7 Å². The first kappa shape index (κ1) is 17.0. The number of amides is 1. The van der Waals surface area contributed by atoms with Crippen LogP contribution in [0.4, 0.5) is 4.39 Å². The van der Waals surface area contributed by atoms with E-state index in [1.165, 1.54) is 0 Å². The molecule has 0 radical (unpaired) electrons. The van der Waals surface area contributed by atoms with Crippen LogP contribution in [0.5, 0.6) is 0 Å². The van der Waals surface area contributed by atoms with E-state index in [1.54, 1.807) is 40.5 Å². The summed E-state index contributed by atoms with van der Waals surface area (Å²) in [5, 5.41) is 3.15. The van der Waals surface area contributed by atoms with Gasteiger partial charge >= 0.3 is 0 Å². The van der Waals surface area contributed by atoms with Crippen molar-refractivity contribution in [2.45, 2.75) is 26.1 Å². The van der Waals surface area contributed by atoms with Crippen LogP contribution in [0, 0.1) is 6.92 Å². The molecule has 1 unspecified atom stereocenters. The van der Waals surface area contributed by atoms with Gasteiger partial charge in [0, 0.05) is 38.1 Å². The fourth-order valence-corrected chi connectivity index (χ4v) is 3.59. The van der Waals surface area contributed by atoms with Crippen LogP contribution in [0.2, 0.25) is 0 Å². The minimum absolute atomic E-state index is 0.424. The topological polar surface area (TPSA) is 36.4 Å². The maximum absolute atomic E-state index is 14.5. The number of hydrogen-bond acceptors (Lipinski definition) is 4. The van der Waals surface area contributed by atoms with E-state index in [4.69, 9.17) is 0 Å². The first-order valence-electron chi connectivity index (χ1n) is 8.24. The summed E-state index contributed by atoms with van der Waals surface area (Å²) < 4.78 is 14.5. The van der Waals surface area contributed by atoms with Crippen molar-refractivity contribution in [1.82, 2.24) is 14.8 Å². The van der Waals surface area contributed by atoms with Crippen LogP contribution in [-0.4, -0.2) is 46.9 Å². The molecule has 128 valence electrons. The Hall–Kier alpha value is -1.79. The molecular formula is C18H22FN3OS. The zero-order chi connectivity index (χ0) is 16.9. The van der Waals surface area contributed by atoms with Crippen LogP contribution >= 0.6 is 11.3 Å². The summed E-state index contributed by atoms with van der Waals surface area (Å²) in [6.07, 6.45) is -0.713. The van der Waals surface area contributed by atoms with Gasteiger partial charge in [-0.1, -0.05) is 30.3 Å². The highest BCUT2D eigenvalue weighted by molar-refractivity contribution is 7.09. The van der Waals surface area contributed by atoms with Crippen LogP contribution in [-0.2, 0) is 11.3 Å². The van der Waals surface area contributed by atoms with E-state index in [0.717, 1.165) is 36.8 Å². The SMILES string of the molecule is Cc1nc(CN2CCCN(C(=O)C(F)c3ccccc3)CC2)cs1. The first-order valence-corrected chi connectivity index (χ1v) is 9.12. The Morgan fingerprint density at radius 1 is 1.25 bits per heavy atom. The molecule has 1 atom stereocenters. The third-order valence-electron chi connectivity index (χ3n) is 4.26. The Kier molecular flexibility index (Phi) is 5.58. The van der Waals surface area contributed by atoms with E-state index < -0.39 is 12.1 Å². The third kappa shape index (κ3) is 4.19. The molecule has 0 bridgehead atoms. The standard InChI is InChI=1S/C18H22FN3OS/c1-14-20-16(13-24-14)12-21-8-5-9-22(11-10-21)18(23)17(19)15-6-3-2-4-7-15/h2-4,6-7,13,17H,5,8-12H2,1H3. The summed E-state index contributed by atoms with van der Waals surface area (Å²) >= 11 is 1.65. The lowest BCUT2D eigenvalue weighted by atomic mass is 10.1. The van der Waals surface area contributed by atoms with Crippen molar-refractivity contribution < 1.29 is 9.18 Å². The van der Waals surface area contributed by atoms with E-state index in [1.807, 2.05) is 13.0 Å². The van der Waals surface area contributed by atoms with Crippen LogP contribution in [0.3, 0.4) is 0 Å². The summed E-state index contributed by atoms with van der Waals surface area (Å²) in [5.74, 6) is -0.424. The number of aryl methyl sites for hydroxylation is 1. The molecule has 1 saturated heterocycles. The molecule has 6 heteroatoms. The van der Waals surface area contributed by atoms with Gasteiger partial charge in [0.15, 0.2) is 0 Å². The number of carbonyl (C=O) groups excluding carboxylic acids is 1. The van der Waals surface area contributed by atoms with Gasteiger partial charge in [-0.15, -0.1) is 11.3 Å². The van der Waals surface area contributed by atoms with Crippen molar-refractivity contribution in [3.05, 3.63) is 52.0 Å². The Morgan fingerprint density at radius 3 is 2.75 bits per heavy atom. The van der Waals surface area contributed by atoms with Gasteiger partial charge in [-0.25, -0.2) is 9.37 Å². The number of nitrogens with zero attached hydrogens (tertiary/aromatic N) is 3. The number of rotatable bonds is 4. The van der Waals surface area contributed by atoms with Crippen LogP contribution in [0.15, 0.2) is 35.7 Å².